The number of H-pyrrole nitrogens is 1. The van der Waals surface area contributed by atoms with E-state index in [0.717, 1.165) is 36.6 Å². The predicted molar refractivity (Wildman–Crippen MR) is 73.1 cm³/mol. The lowest BCUT2D eigenvalue weighted by Gasteiger charge is -2.28. The summed E-state index contributed by atoms with van der Waals surface area (Å²) in [6.45, 7) is 0. The maximum atomic E-state index is 10.00. The van der Waals surface area contributed by atoms with Gasteiger partial charge in [-0.3, -0.25) is 5.10 Å². The van der Waals surface area contributed by atoms with E-state index in [1.54, 1.807) is 6.20 Å². The third-order valence-corrected chi connectivity index (χ3v) is 3.89. The number of aliphatic hydroxyl groups excluding tert-OH is 1. The van der Waals surface area contributed by atoms with Crippen molar-refractivity contribution in [2.75, 3.05) is 5.32 Å². The fourth-order valence-electron chi connectivity index (χ4n) is 2.56. The highest BCUT2D eigenvalue weighted by atomic mass is 35.5. The van der Waals surface area contributed by atoms with Crippen molar-refractivity contribution < 1.29 is 5.11 Å². The number of hydrogen-bond donors (Lipinski definition) is 3. The van der Waals surface area contributed by atoms with Gasteiger partial charge < -0.3 is 10.4 Å². The van der Waals surface area contributed by atoms with Crippen LogP contribution in [0.3, 0.4) is 0 Å². The Labute approximate surface area is 115 Å². The van der Waals surface area contributed by atoms with E-state index in [2.05, 4.69) is 25.7 Å². The van der Waals surface area contributed by atoms with E-state index in [1.165, 1.54) is 0 Å². The van der Waals surface area contributed by atoms with Crippen molar-refractivity contribution >= 4 is 28.3 Å². The van der Waals surface area contributed by atoms with E-state index >= 15 is 0 Å². The Morgan fingerprint density at radius 3 is 3.00 bits per heavy atom. The fourth-order valence-corrected chi connectivity index (χ4v) is 2.74. The standard InChI is InChI=1S/C12H16ClN5O/c13-5-9-11-7(6-14-17-11)12(18-16-9)15-8-3-1-2-4-10(8)19/h6,8,10,19H,1-5H2,(H,14,17)(H,15,18)/t8-,10-/m1/s1. The number of nitrogens with one attached hydrogen (secondary N) is 2. The molecule has 2 heterocycles. The van der Waals surface area contributed by atoms with E-state index in [9.17, 15) is 5.11 Å². The quantitative estimate of drug-likeness (QED) is 0.747. The number of fused-ring (bicyclic) bond motifs is 1. The first-order valence-electron chi connectivity index (χ1n) is 6.49. The van der Waals surface area contributed by atoms with E-state index in [1.807, 2.05) is 0 Å². The van der Waals surface area contributed by atoms with E-state index < -0.39 is 0 Å². The zero-order valence-corrected chi connectivity index (χ0v) is 11.2. The van der Waals surface area contributed by atoms with Crippen molar-refractivity contribution in [2.45, 2.75) is 43.7 Å². The van der Waals surface area contributed by atoms with Crippen molar-refractivity contribution in [3.05, 3.63) is 11.9 Å². The average molecular weight is 282 g/mol. The lowest BCUT2D eigenvalue weighted by molar-refractivity contribution is 0.116. The highest BCUT2D eigenvalue weighted by Gasteiger charge is 2.24. The Kier molecular flexibility index (Phi) is 3.52. The number of alkyl halides is 1. The molecule has 0 spiro atoms. The lowest BCUT2D eigenvalue weighted by atomic mass is 9.92. The second-order valence-electron chi connectivity index (χ2n) is 4.89. The van der Waals surface area contributed by atoms with Gasteiger partial charge in [0.15, 0.2) is 5.82 Å². The molecule has 3 rings (SSSR count). The molecule has 0 amide bonds. The first-order valence-corrected chi connectivity index (χ1v) is 7.02. The molecule has 1 fully saturated rings. The molecule has 3 N–H and O–H groups in total. The van der Waals surface area contributed by atoms with Gasteiger partial charge in [0.1, 0.15) is 5.69 Å². The summed E-state index contributed by atoms with van der Waals surface area (Å²) in [5.74, 6) is 0.946. The molecule has 2 atom stereocenters. The average Bonchev–Trinajstić information content (AvgIpc) is 2.91. The first-order chi connectivity index (χ1) is 9.29. The monoisotopic (exact) mass is 281 g/mol. The van der Waals surface area contributed by atoms with Crippen molar-refractivity contribution in [1.82, 2.24) is 20.4 Å². The summed E-state index contributed by atoms with van der Waals surface area (Å²) in [5.41, 5.74) is 1.49. The smallest absolute Gasteiger partial charge is 0.160 e. The Bertz CT molecular complexity index is 572. The summed E-state index contributed by atoms with van der Waals surface area (Å²) < 4.78 is 0. The van der Waals surface area contributed by atoms with Crippen LogP contribution in [0.15, 0.2) is 6.20 Å². The second-order valence-corrected chi connectivity index (χ2v) is 5.16. The number of aliphatic hydroxyl groups is 1. The molecule has 2 aromatic rings. The minimum absolute atomic E-state index is 0.0306. The molecule has 0 aromatic carbocycles. The van der Waals surface area contributed by atoms with Crippen LogP contribution in [-0.2, 0) is 5.88 Å². The molecule has 19 heavy (non-hydrogen) atoms. The van der Waals surface area contributed by atoms with Crippen LogP contribution in [0.4, 0.5) is 5.82 Å². The number of nitrogens with zero attached hydrogens (tertiary/aromatic N) is 3. The molecule has 0 bridgehead atoms. The number of aromatic nitrogens is 4. The van der Waals surface area contributed by atoms with Gasteiger partial charge in [0.2, 0.25) is 0 Å². The maximum Gasteiger partial charge on any atom is 0.160 e. The molecule has 0 aliphatic heterocycles. The molecule has 1 aliphatic carbocycles. The highest BCUT2D eigenvalue weighted by Crippen LogP contribution is 2.26. The Morgan fingerprint density at radius 1 is 1.37 bits per heavy atom. The van der Waals surface area contributed by atoms with Crippen molar-refractivity contribution in [3.63, 3.8) is 0 Å². The van der Waals surface area contributed by atoms with Crippen LogP contribution in [0.1, 0.15) is 31.4 Å². The summed E-state index contributed by atoms with van der Waals surface area (Å²) in [4.78, 5) is 0. The number of hydrogen-bond acceptors (Lipinski definition) is 5. The van der Waals surface area contributed by atoms with Crippen LogP contribution >= 0.6 is 11.6 Å². The van der Waals surface area contributed by atoms with E-state index in [4.69, 9.17) is 11.6 Å². The number of aromatic amines is 1. The first kappa shape index (κ1) is 12.6. The SMILES string of the molecule is O[C@@H]1CCCC[C@H]1Nc1nnc(CCl)c2[nH]ncc12. The Hall–Kier alpha value is -1.40. The van der Waals surface area contributed by atoms with Crippen LogP contribution in [0, 0.1) is 0 Å². The predicted octanol–water partition coefficient (Wildman–Crippen LogP) is 1.81. The maximum absolute atomic E-state index is 10.00. The molecule has 2 aromatic heterocycles. The lowest BCUT2D eigenvalue weighted by Crippen LogP contribution is -2.36. The van der Waals surface area contributed by atoms with Gasteiger partial charge in [-0.25, -0.2) is 0 Å². The topological polar surface area (TPSA) is 86.7 Å². The zero-order valence-electron chi connectivity index (χ0n) is 10.4. The number of anilines is 1. The fraction of sp³-hybridized carbons (Fsp3) is 0.583. The van der Waals surface area contributed by atoms with E-state index in [-0.39, 0.29) is 18.0 Å². The summed E-state index contributed by atoms with van der Waals surface area (Å²) in [5, 5.41) is 29.3. The molecule has 0 radical (unpaired) electrons. The summed E-state index contributed by atoms with van der Waals surface area (Å²) >= 11 is 5.82. The molecule has 6 nitrogen and oxygen atoms in total. The molecular formula is C12H16ClN5O. The third-order valence-electron chi connectivity index (χ3n) is 3.63. The molecule has 0 unspecified atom stereocenters. The van der Waals surface area contributed by atoms with Crippen molar-refractivity contribution in [2.24, 2.45) is 0 Å². The molecule has 0 saturated heterocycles. The Morgan fingerprint density at radius 2 is 2.21 bits per heavy atom. The largest absolute Gasteiger partial charge is 0.391 e. The van der Waals surface area contributed by atoms with Crippen molar-refractivity contribution in [1.29, 1.82) is 0 Å². The Balaban J connectivity index is 1.90. The van der Waals surface area contributed by atoms with E-state index in [0.29, 0.717) is 11.5 Å². The van der Waals surface area contributed by atoms with Gasteiger partial charge in [-0.05, 0) is 12.8 Å². The second kappa shape index (κ2) is 5.30. The molecular weight excluding hydrogens is 266 g/mol. The molecule has 1 saturated carbocycles. The summed E-state index contributed by atoms with van der Waals surface area (Å²) in [6.07, 6.45) is 5.36. The van der Waals surface area contributed by atoms with Crippen LogP contribution in [0.25, 0.3) is 10.9 Å². The molecule has 1 aliphatic rings. The molecule has 7 heteroatoms. The third kappa shape index (κ3) is 2.37. The van der Waals surface area contributed by atoms with Crippen molar-refractivity contribution in [3.8, 4) is 0 Å². The minimum Gasteiger partial charge on any atom is -0.391 e. The summed E-state index contributed by atoms with van der Waals surface area (Å²) in [7, 11) is 0. The van der Waals surface area contributed by atoms with Crippen LogP contribution in [-0.4, -0.2) is 37.6 Å². The van der Waals surface area contributed by atoms with Gasteiger partial charge in [-0.2, -0.15) is 5.10 Å². The van der Waals surface area contributed by atoms with Gasteiger partial charge in [-0.1, -0.05) is 12.8 Å². The molecule has 102 valence electrons. The highest BCUT2D eigenvalue weighted by molar-refractivity contribution is 6.17. The number of halogens is 1. The van der Waals surface area contributed by atoms with Gasteiger partial charge in [-0.15, -0.1) is 21.8 Å². The van der Waals surface area contributed by atoms with Gasteiger partial charge in [0.25, 0.3) is 0 Å². The minimum atomic E-state index is -0.329. The summed E-state index contributed by atoms with van der Waals surface area (Å²) in [6, 6.07) is 0.0306. The normalized spacial score (nSPS) is 23.7. The van der Waals surface area contributed by atoms with Crippen LogP contribution in [0.5, 0.6) is 0 Å². The van der Waals surface area contributed by atoms with Gasteiger partial charge in [0.05, 0.1) is 35.1 Å². The van der Waals surface area contributed by atoms with Crippen LogP contribution < -0.4 is 5.32 Å². The van der Waals surface area contributed by atoms with Gasteiger partial charge in [0, 0.05) is 0 Å². The van der Waals surface area contributed by atoms with Gasteiger partial charge >= 0.3 is 0 Å². The zero-order chi connectivity index (χ0) is 13.2. The van der Waals surface area contributed by atoms with Crippen LogP contribution in [0.2, 0.25) is 0 Å². The number of rotatable bonds is 3.